The molecule has 6 nitrogen and oxygen atoms in total. The minimum absolute atomic E-state index is 0.225. The van der Waals surface area contributed by atoms with E-state index in [-0.39, 0.29) is 6.04 Å². The molecule has 1 fully saturated rings. The van der Waals surface area contributed by atoms with Crippen LogP contribution in [0.2, 0.25) is 0 Å². The van der Waals surface area contributed by atoms with Gasteiger partial charge in [0.1, 0.15) is 12.4 Å². The summed E-state index contributed by atoms with van der Waals surface area (Å²) in [6.45, 7) is 2.12. The lowest BCUT2D eigenvalue weighted by Gasteiger charge is -2.11. The van der Waals surface area contributed by atoms with Crippen molar-refractivity contribution in [2.45, 2.75) is 19.1 Å². The van der Waals surface area contributed by atoms with Crippen LogP contribution < -0.4 is 15.4 Å². The van der Waals surface area contributed by atoms with Crippen LogP contribution in [0.5, 0.6) is 5.75 Å². The van der Waals surface area contributed by atoms with Crippen LogP contribution in [0.3, 0.4) is 0 Å². The van der Waals surface area contributed by atoms with Crippen LogP contribution >= 0.6 is 0 Å². The summed E-state index contributed by atoms with van der Waals surface area (Å²) in [6.07, 6.45) is 0.990. The van der Waals surface area contributed by atoms with E-state index in [9.17, 15) is 0 Å². The number of para-hydroxylation sites is 1. The molecule has 2 heterocycles. The van der Waals surface area contributed by atoms with Crippen molar-refractivity contribution in [3.8, 4) is 5.75 Å². The largest absolute Gasteiger partial charge is 0.486 e. The number of rotatable bonds is 4. The molecule has 3 rings (SSSR count). The number of aromatic amines is 1. The van der Waals surface area contributed by atoms with Crippen molar-refractivity contribution in [1.82, 2.24) is 15.2 Å². The van der Waals surface area contributed by atoms with Crippen LogP contribution in [-0.4, -0.2) is 34.3 Å². The Morgan fingerprint density at radius 3 is 2.95 bits per heavy atom. The highest BCUT2D eigenvalue weighted by molar-refractivity contribution is 5.31. The van der Waals surface area contributed by atoms with E-state index in [4.69, 9.17) is 10.5 Å². The molecule has 1 atom stereocenters. The van der Waals surface area contributed by atoms with Crippen LogP contribution in [0.25, 0.3) is 0 Å². The maximum absolute atomic E-state index is 5.87. The second-order valence-corrected chi connectivity index (χ2v) is 4.68. The number of benzene rings is 1. The summed E-state index contributed by atoms with van der Waals surface area (Å²) in [5.74, 6) is 2.25. The van der Waals surface area contributed by atoms with Crippen LogP contribution in [0.1, 0.15) is 12.2 Å². The number of H-pyrrole nitrogens is 1. The van der Waals surface area contributed by atoms with Gasteiger partial charge in [-0.05, 0) is 18.6 Å². The van der Waals surface area contributed by atoms with Gasteiger partial charge >= 0.3 is 0 Å². The zero-order valence-corrected chi connectivity index (χ0v) is 10.6. The Hall–Kier alpha value is -2.08. The maximum Gasteiger partial charge on any atom is 0.244 e. The zero-order valence-electron chi connectivity index (χ0n) is 10.6. The number of hydrogen-bond acceptors (Lipinski definition) is 5. The van der Waals surface area contributed by atoms with Crippen LogP contribution in [-0.2, 0) is 6.61 Å². The van der Waals surface area contributed by atoms with E-state index in [2.05, 4.69) is 20.1 Å². The number of anilines is 1. The molecular formula is C13H17N5O. The normalized spacial score (nSPS) is 18.8. The Bertz CT molecular complexity index is 527. The first-order valence-electron chi connectivity index (χ1n) is 6.41. The van der Waals surface area contributed by atoms with Crippen molar-refractivity contribution >= 4 is 5.95 Å². The monoisotopic (exact) mass is 259 g/mol. The summed E-state index contributed by atoms with van der Waals surface area (Å²) in [6, 6.07) is 9.88. The number of hydrogen-bond donors (Lipinski definition) is 2. The molecule has 100 valence electrons. The van der Waals surface area contributed by atoms with Crippen LogP contribution in [0.15, 0.2) is 30.3 Å². The van der Waals surface area contributed by atoms with Gasteiger partial charge in [0, 0.05) is 19.1 Å². The Balaban J connectivity index is 1.59. The van der Waals surface area contributed by atoms with E-state index in [1.807, 2.05) is 30.3 Å². The third-order valence-corrected chi connectivity index (χ3v) is 3.15. The summed E-state index contributed by atoms with van der Waals surface area (Å²) < 4.78 is 5.61. The number of ether oxygens (including phenoxy) is 1. The number of nitrogens with two attached hydrogens (primary N) is 1. The lowest BCUT2D eigenvalue weighted by molar-refractivity contribution is 0.296. The highest BCUT2D eigenvalue weighted by Crippen LogP contribution is 2.15. The van der Waals surface area contributed by atoms with E-state index >= 15 is 0 Å². The zero-order chi connectivity index (χ0) is 13.1. The quantitative estimate of drug-likeness (QED) is 0.853. The van der Waals surface area contributed by atoms with Gasteiger partial charge < -0.3 is 15.4 Å². The van der Waals surface area contributed by atoms with Crippen LogP contribution in [0, 0.1) is 0 Å². The molecule has 0 aliphatic carbocycles. The standard InChI is InChI=1S/C13H17N5O/c14-10-6-7-18(8-10)13-15-12(16-17-13)9-19-11-4-2-1-3-5-11/h1-5,10H,6-9,14H2,(H,15,16,17). The fourth-order valence-electron chi connectivity index (χ4n) is 2.13. The minimum atomic E-state index is 0.225. The smallest absolute Gasteiger partial charge is 0.244 e. The molecule has 1 aliphatic heterocycles. The molecule has 0 bridgehead atoms. The van der Waals surface area contributed by atoms with Crippen molar-refractivity contribution < 1.29 is 4.74 Å². The SMILES string of the molecule is NC1CCN(c2n[nH]c(COc3ccccc3)n2)C1. The predicted molar refractivity (Wildman–Crippen MR) is 72.0 cm³/mol. The van der Waals surface area contributed by atoms with Crippen LogP contribution in [0.4, 0.5) is 5.95 Å². The van der Waals surface area contributed by atoms with Crippen molar-refractivity contribution in [2.24, 2.45) is 5.73 Å². The fraction of sp³-hybridized carbons (Fsp3) is 0.385. The molecule has 0 amide bonds. The molecule has 6 heteroatoms. The van der Waals surface area contributed by atoms with Gasteiger partial charge in [-0.15, -0.1) is 5.10 Å². The molecule has 1 aromatic carbocycles. The second-order valence-electron chi connectivity index (χ2n) is 4.68. The summed E-state index contributed by atoms with van der Waals surface area (Å²) in [5.41, 5.74) is 5.87. The molecule has 19 heavy (non-hydrogen) atoms. The molecule has 0 spiro atoms. The first-order valence-corrected chi connectivity index (χ1v) is 6.41. The Labute approximate surface area is 111 Å². The van der Waals surface area contributed by atoms with Gasteiger partial charge in [-0.25, -0.2) is 0 Å². The number of nitrogens with one attached hydrogen (secondary N) is 1. The van der Waals surface area contributed by atoms with Gasteiger partial charge in [0.25, 0.3) is 0 Å². The topological polar surface area (TPSA) is 80.1 Å². The molecule has 1 aliphatic rings. The summed E-state index contributed by atoms with van der Waals surface area (Å²) in [4.78, 5) is 6.51. The van der Waals surface area contributed by atoms with E-state index in [0.29, 0.717) is 12.6 Å². The maximum atomic E-state index is 5.87. The second kappa shape index (κ2) is 5.27. The van der Waals surface area contributed by atoms with Gasteiger partial charge in [0.05, 0.1) is 0 Å². The summed E-state index contributed by atoms with van der Waals surface area (Å²) >= 11 is 0. The van der Waals surface area contributed by atoms with E-state index in [1.165, 1.54) is 0 Å². The van der Waals surface area contributed by atoms with Crippen molar-refractivity contribution in [3.05, 3.63) is 36.2 Å². The first kappa shape index (κ1) is 12.0. The molecule has 0 saturated carbocycles. The van der Waals surface area contributed by atoms with Crippen molar-refractivity contribution in [3.63, 3.8) is 0 Å². The van der Waals surface area contributed by atoms with Crippen molar-refractivity contribution in [2.75, 3.05) is 18.0 Å². The molecular weight excluding hydrogens is 242 g/mol. The van der Waals surface area contributed by atoms with Crippen molar-refractivity contribution in [1.29, 1.82) is 0 Å². The Kier molecular flexibility index (Phi) is 3.33. The third kappa shape index (κ3) is 2.85. The predicted octanol–water partition coefficient (Wildman–Crippen LogP) is 0.921. The lowest BCUT2D eigenvalue weighted by atomic mass is 10.3. The van der Waals surface area contributed by atoms with E-state index in [1.54, 1.807) is 0 Å². The molecule has 2 aromatic rings. The average Bonchev–Trinajstić information content (AvgIpc) is 3.06. The van der Waals surface area contributed by atoms with Gasteiger partial charge in [0.15, 0.2) is 5.82 Å². The number of aromatic nitrogens is 3. The van der Waals surface area contributed by atoms with Gasteiger partial charge in [0.2, 0.25) is 5.95 Å². The molecule has 1 aromatic heterocycles. The van der Waals surface area contributed by atoms with E-state index < -0.39 is 0 Å². The average molecular weight is 259 g/mol. The summed E-state index contributed by atoms with van der Waals surface area (Å²) in [7, 11) is 0. The minimum Gasteiger partial charge on any atom is -0.486 e. The Morgan fingerprint density at radius 1 is 1.37 bits per heavy atom. The molecule has 0 radical (unpaired) electrons. The van der Waals surface area contributed by atoms with Gasteiger partial charge in [-0.1, -0.05) is 18.2 Å². The lowest BCUT2D eigenvalue weighted by Crippen LogP contribution is -2.27. The Morgan fingerprint density at radius 2 is 2.21 bits per heavy atom. The molecule has 1 unspecified atom stereocenters. The highest BCUT2D eigenvalue weighted by Gasteiger charge is 2.22. The number of nitrogens with zero attached hydrogens (tertiary/aromatic N) is 3. The summed E-state index contributed by atoms with van der Waals surface area (Å²) in [5, 5.41) is 7.10. The van der Waals surface area contributed by atoms with Gasteiger partial charge in [-0.3, -0.25) is 5.10 Å². The third-order valence-electron chi connectivity index (χ3n) is 3.15. The fourth-order valence-corrected chi connectivity index (χ4v) is 2.13. The van der Waals surface area contributed by atoms with E-state index in [0.717, 1.165) is 31.1 Å². The van der Waals surface area contributed by atoms with Gasteiger partial charge in [-0.2, -0.15) is 4.98 Å². The highest BCUT2D eigenvalue weighted by atomic mass is 16.5. The molecule has 1 saturated heterocycles. The molecule has 3 N–H and O–H groups in total. The first-order chi connectivity index (χ1) is 9.31.